The topological polar surface area (TPSA) is 85.2 Å². The summed E-state index contributed by atoms with van der Waals surface area (Å²) in [6.45, 7) is 6.69. The average molecular weight is 531 g/mol. The molecule has 10 heteroatoms. The zero-order valence-electron chi connectivity index (χ0n) is 19.9. The first-order valence-electron chi connectivity index (χ1n) is 11.3. The van der Waals surface area contributed by atoms with Gasteiger partial charge >= 0.3 is 0 Å². The summed E-state index contributed by atoms with van der Waals surface area (Å²) in [4.78, 5) is 20.0. The van der Waals surface area contributed by atoms with Gasteiger partial charge in [-0.1, -0.05) is 41.1 Å². The summed E-state index contributed by atoms with van der Waals surface area (Å²) in [5.74, 6) is -0.264. The fraction of sp³-hybridized carbons (Fsp3) is 0.320. The normalized spacial score (nSPS) is 11.8. The number of hydrogen-bond acceptors (Lipinski definition) is 6. The molecule has 0 saturated heterocycles. The van der Waals surface area contributed by atoms with E-state index in [1.54, 1.807) is 35.2 Å². The van der Waals surface area contributed by atoms with Crippen LogP contribution >= 0.6 is 22.9 Å². The first-order chi connectivity index (χ1) is 16.7. The van der Waals surface area contributed by atoms with Crippen LogP contribution in [0.15, 0.2) is 53.4 Å². The van der Waals surface area contributed by atoms with E-state index in [-0.39, 0.29) is 29.4 Å². The molecular weight excluding hydrogens is 504 g/mol. The van der Waals surface area contributed by atoms with Crippen LogP contribution in [-0.4, -0.2) is 41.4 Å². The third kappa shape index (κ3) is 5.74. The molecule has 0 aliphatic heterocycles. The number of anilines is 1. The lowest BCUT2D eigenvalue weighted by Crippen LogP contribution is -2.34. The fourth-order valence-corrected chi connectivity index (χ4v) is 6.47. The van der Waals surface area contributed by atoms with Crippen LogP contribution in [0.2, 0.25) is 5.02 Å². The van der Waals surface area contributed by atoms with Crippen LogP contribution in [0.3, 0.4) is 0 Å². The predicted octanol–water partition coefficient (Wildman–Crippen LogP) is 5.36. The lowest BCUT2D eigenvalue weighted by molar-refractivity contribution is -0.118. The van der Waals surface area contributed by atoms with Crippen molar-refractivity contribution >= 4 is 54.0 Å². The van der Waals surface area contributed by atoms with Gasteiger partial charge in [0.25, 0.3) is 0 Å². The number of sulfone groups is 1. The van der Waals surface area contributed by atoms with Crippen LogP contribution in [0.5, 0.6) is 0 Å². The Morgan fingerprint density at radius 1 is 1.11 bits per heavy atom. The number of fused-ring (bicyclic) bond motifs is 1. The van der Waals surface area contributed by atoms with Gasteiger partial charge in [-0.15, -0.1) is 0 Å². The van der Waals surface area contributed by atoms with E-state index in [1.807, 2.05) is 43.7 Å². The number of aryl methyl sites for hydroxylation is 3. The maximum Gasteiger partial charge on any atom is 0.228 e. The van der Waals surface area contributed by atoms with Gasteiger partial charge in [0.1, 0.15) is 0 Å². The smallest absolute Gasteiger partial charge is 0.228 e. The third-order valence-corrected chi connectivity index (χ3v) is 9.08. The third-order valence-electron chi connectivity index (χ3n) is 5.81. The first kappa shape index (κ1) is 25.3. The maximum atomic E-state index is 13.3. The molecule has 0 aliphatic carbocycles. The number of carbonyl (C=O) groups is 1. The van der Waals surface area contributed by atoms with Gasteiger partial charge in [-0.05, 0) is 63.1 Å². The first-order valence-corrected chi connectivity index (χ1v) is 14.2. The van der Waals surface area contributed by atoms with Gasteiger partial charge in [-0.25, -0.2) is 13.4 Å². The summed E-state index contributed by atoms with van der Waals surface area (Å²) in [5, 5.41) is 5.69. The van der Waals surface area contributed by atoms with Gasteiger partial charge in [0, 0.05) is 23.7 Å². The zero-order valence-corrected chi connectivity index (χ0v) is 22.3. The summed E-state index contributed by atoms with van der Waals surface area (Å²) >= 11 is 7.70. The Balaban J connectivity index is 1.54. The second-order valence-electron chi connectivity index (χ2n) is 8.45. The number of thiazole rings is 1. The summed E-state index contributed by atoms with van der Waals surface area (Å²) in [7, 11) is -3.45. The molecule has 0 spiro atoms. The summed E-state index contributed by atoms with van der Waals surface area (Å²) in [5.41, 5.74) is 3.56. The molecule has 0 fully saturated rings. The van der Waals surface area contributed by atoms with Gasteiger partial charge in [0.05, 0.1) is 33.1 Å². The maximum absolute atomic E-state index is 13.3. The quantitative estimate of drug-likeness (QED) is 0.291. The predicted molar refractivity (Wildman–Crippen MR) is 141 cm³/mol. The number of hydrogen-bond donors (Lipinski definition) is 0. The van der Waals surface area contributed by atoms with Crippen molar-refractivity contribution in [3.63, 3.8) is 0 Å². The molecule has 0 atom stereocenters. The van der Waals surface area contributed by atoms with E-state index < -0.39 is 9.84 Å². The van der Waals surface area contributed by atoms with Crippen molar-refractivity contribution in [1.82, 2.24) is 14.8 Å². The molecule has 0 aliphatic rings. The molecular formula is C25H27ClN4O3S2. The van der Waals surface area contributed by atoms with E-state index >= 15 is 0 Å². The SMILES string of the molecule is Cc1cc(C)n(CCN(C(=O)CCCS(=O)(=O)c2ccccc2)c2nc3c(C)c(Cl)ccc3s2)n1. The monoisotopic (exact) mass is 530 g/mol. The lowest BCUT2D eigenvalue weighted by atomic mass is 10.2. The second kappa shape index (κ2) is 10.5. The average Bonchev–Trinajstić information content (AvgIpc) is 3.39. The number of benzene rings is 2. The Labute approximate surface area is 214 Å². The minimum Gasteiger partial charge on any atom is -0.286 e. The molecule has 35 heavy (non-hydrogen) atoms. The summed E-state index contributed by atoms with van der Waals surface area (Å²) in [6, 6.07) is 14.0. The van der Waals surface area contributed by atoms with Crippen molar-refractivity contribution in [3.05, 3.63) is 70.5 Å². The lowest BCUT2D eigenvalue weighted by Gasteiger charge is -2.20. The van der Waals surface area contributed by atoms with Crippen LogP contribution < -0.4 is 4.90 Å². The number of aromatic nitrogens is 3. The number of carbonyl (C=O) groups excluding carboxylic acids is 1. The van der Waals surface area contributed by atoms with Crippen LogP contribution in [-0.2, 0) is 21.2 Å². The fourth-order valence-electron chi connectivity index (χ4n) is 3.92. The highest BCUT2D eigenvalue weighted by Crippen LogP contribution is 2.34. The standard InChI is InChI=1S/C25H27ClN4O3S2/c1-17-16-18(2)30(28-17)14-13-29(25-27-24-19(3)21(26)11-12-22(24)34-25)23(31)10-7-15-35(32,33)20-8-5-4-6-9-20/h4-6,8-9,11-12,16H,7,10,13-15H2,1-3H3. The van der Waals surface area contributed by atoms with Gasteiger partial charge in [0.2, 0.25) is 5.91 Å². The molecule has 0 unspecified atom stereocenters. The van der Waals surface area contributed by atoms with Crippen LogP contribution in [0.25, 0.3) is 10.2 Å². The highest BCUT2D eigenvalue weighted by molar-refractivity contribution is 7.91. The number of amides is 1. The van der Waals surface area contributed by atoms with Crippen molar-refractivity contribution in [1.29, 1.82) is 0 Å². The molecule has 184 valence electrons. The van der Waals surface area contributed by atoms with Crippen molar-refractivity contribution in [2.75, 3.05) is 17.2 Å². The summed E-state index contributed by atoms with van der Waals surface area (Å²) < 4.78 is 28.1. The molecule has 2 aromatic carbocycles. The van der Waals surface area contributed by atoms with Crippen LogP contribution in [0.4, 0.5) is 5.13 Å². The van der Waals surface area contributed by atoms with Crippen LogP contribution in [0, 0.1) is 20.8 Å². The molecule has 4 aromatic rings. The van der Waals surface area contributed by atoms with Gasteiger partial charge in [-0.3, -0.25) is 14.4 Å². The van der Waals surface area contributed by atoms with Crippen molar-refractivity contribution in [3.8, 4) is 0 Å². The molecule has 0 bridgehead atoms. The Morgan fingerprint density at radius 2 is 1.86 bits per heavy atom. The zero-order chi connectivity index (χ0) is 25.2. The molecule has 0 radical (unpaired) electrons. The van der Waals surface area contributed by atoms with E-state index in [2.05, 4.69) is 5.10 Å². The minimum absolute atomic E-state index is 0.0946. The Morgan fingerprint density at radius 3 is 2.54 bits per heavy atom. The molecule has 7 nitrogen and oxygen atoms in total. The molecule has 1 amide bonds. The summed E-state index contributed by atoms with van der Waals surface area (Å²) in [6.07, 6.45) is 0.320. The number of rotatable bonds is 9. The molecule has 0 saturated carbocycles. The van der Waals surface area contributed by atoms with Crippen molar-refractivity contribution in [2.24, 2.45) is 0 Å². The van der Waals surface area contributed by atoms with E-state index in [0.717, 1.165) is 27.2 Å². The van der Waals surface area contributed by atoms with Crippen molar-refractivity contribution in [2.45, 2.75) is 45.1 Å². The molecule has 0 N–H and O–H groups in total. The molecule has 4 rings (SSSR count). The van der Waals surface area contributed by atoms with Crippen molar-refractivity contribution < 1.29 is 13.2 Å². The minimum atomic E-state index is -3.45. The van der Waals surface area contributed by atoms with E-state index in [1.165, 1.54) is 11.3 Å². The molecule has 2 aromatic heterocycles. The Bertz CT molecular complexity index is 1460. The number of halogens is 1. The van der Waals surface area contributed by atoms with Gasteiger partial charge < -0.3 is 0 Å². The highest BCUT2D eigenvalue weighted by atomic mass is 35.5. The Hall–Kier alpha value is -2.75. The van der Waals surface area contributed by atoms with Crippen LogP contribution in [0.1, 0.15) is 29.8 Å². The Kier molecular flexibility index (Phi) is 7.59. The second-order valence-corrected chi connectivity index (χ2v) is 12.0. The van der Waals surface area contributed by atoms with E-state index in [0.29, 0.717) is 23.2 Å². The van der Waals surface area contributed by atoms with E-state index in [4.69, 9.17) is 16.6 Å². The van der Waals surface area contributed by atoms with Gasteiger partial charge in [-0.2, -0.15) is 5.10 Å². The largest absolute Gasteiger partial charge is 0.286 e. The molecule has 2 heterocycles. The number of nitrogens with zero attached hydrogens (tertiary/aromatic N) is 4. The van der Waals surface area contributed by atoms with Gasteiger partial charge in [0.15, 0.2) is 15.0 Å². The highest BCUT2D eigenvalue weighted by Gasteiger charge is 2.22. The van der Waals surface area contributed by atoms with E-state index in [9.17, 15) is 13.2 Å².